The Bertz CT molecular complexity index is 1580. The van der Waals surface area contributed by atoms with Crippen molar-refractivity contribution < 1.29 is 24.1 Å². The van der Waals surface area contributed by atoms with Crippen molar-refractivity contribution in [3.63, 3.8) is 0 Å². The fourth-order valence-corrected chi connectivity index (χ4v) is 4.88. The first-order valence-corrected chi connectivity index (χ1v) is 13.9. The second kappa shape index (κ2) is 14.2. The van der Waals surface area contributed by atoms with E-state index in [4.69, 9.17) is 4.74 Å². The van der Waals surface area contributed by atoms with Crippen molar-refractivity contribution in [3.05, 3.63) is 78.4 Å². The standard InChI is InChI=1S/C30H38BN7O5.CH4/c1-30(2,36-31(3)42)29(41)34-24(15-20-16-32-23-10-8-7-9-22(20)23)27(39)35-25-17-38(18-33-25)26(28(40)37(4)5)19-11-13-21(43-6)14-12-19;/h7-14,16-18,24,26,32,36,42H,15H2,1-6H3,(H,34,41)(H,35,39);1H4. The fourth-order valence-electron chi connectivity index (χ4n) is 4.88. The van der Waals surface area contributed by atoms with Crippen LogP contribution >= 0.6 is 0 Å². The van der Waals surface area contributed by atoms with E-state index in [2.05, 4.69) is 25.8 Å². The molecule has 4 rings (SSSR count). The lowest BCUT2D eigenvalue weighted by Gasteiger charge is -2.28. The number of rotatable bonds is 12. The molecule has 2 unspecified atom stereocenters. The maximum atomic E-state index is 13.7. The Balaban J connectivity index is 0.00000529. The van der Waals surface area contributed by atoms with Gasteiger partial charge in [0, 0.05) is 43.8 Å². The van der Waals surface area contributed by atoms with Gasteiger partial charge in [-0.2, -0.15) is 0 Å². The van der Waals surface area contributed by atoms with Crippen LogP contribution in [0.1, 0.15) is 38.4 Å². The number of likely N-dealkylation sites (N-methyl/N-ethyl adjacent to an activating group) is 1. The molecule has 0 spiro atoms. The summed E-state index contributed by atoms with van der Waals surface area (Å²) in [5, 5.41) is 19.2. The molecule has 234 valence electrons. The highest BCUT2D eigenvalue weighted by molar-refractivity contribution is 6.46. The Morgan fingerprint density at radius 1 is 1.14 bits per heavy atom. The molecule has 0 aliphatic carbocycles. The summed E-state index contributed by atoms with van der Waals surface area (Å²) in [6.07, 6.45) is 5.07. The van der Waals surface area contributed by atoms with Crippen LogP contribution in [0.4, 0.5) is 5.82 Å². The quantitative estimate of drug-likeness (QED) is 0.156. The Morgan fingerprint density at radius 3 is 2.45 bits per heavy atom. The molecule has 2 heterocycles. The smallest absolute Gasteiger partial charge is 0.374 e. The summed E-state index contributed by atoms with van der Waals surface area (Å²) in [6.45, 7) is 4.76. The SMILES string of the molecule is C.COc1ccc(C(C(=O)N(C)C)n2cnc(NC(=O)C(Cc3c[nH]c4ccccc34)NC(=O)C(C)(C)NB(C)O)c2)cc1. The van der Waals surface area contributed by atoms with Crippen LogP contribution in [-0.4, -0.2) is 82.0 Å². The number of carbonyl (C=O) groups is 3. The van der Waals surface area contributed by atoms with E-state index in [1.807, 2.05) is 30.5 Å². The van der Waals surface area contributed by atoms with Crippen LogP contribution in [0.3, 0.4) is 0 Å². The van der Waals surface area contributed by atoms with Crippen molar-refractivity contribution in [1.82, 2.24) is 30.0 Å². The second-order valence-electron chi connectivity index (χ2n) is 11.1. The number of nitrogens with one attached hydrogen (secondary N) is 4. The largest absolute Gasteiger partial charge is 0.497 e. The molecule has 3 amide bonds. The minimum Gasteiger partial charge on any atom is -0.497 e. The van der Waals surface area contributed by atoms with E-state index in [-0.39, 0.29) is 25.6 Å². The van der Waals surface area contributed by atoms with Gasteiger partial charge in [0.25, 0.3) is 0 Å². The van der Waals surface area contributed by atoms with E-state index in [9.17, 15) is 19.4 Å². The lowest BCUT2D eigenvalue weighted by molar-refractivity contribution is -0.131. The molecule has 13 heteroatoms. The molecule has 2 aromatic carbocycles. The number of fused-ring (bicyclic) bond motifs is 1. The van der Waals surface area contributed by atoms with E-state index in [1.54, 1.807) is 70.1 Å². The third-order valence-corrected chi connectivity index (χ3v) is 7.12. The van der Waals surface area contributed by atoms with Gasteiger partial charge in [0.15, 0.2) is 5.82 Å². The number of para-hydroxylation sites is 1. The Labute approximate surface area is 258 Å². The van der Waals surface area contributed by atoms with Gasteiger partial charge in [-0.05, 0) is 50.0 Å². The first kappa shape index (κ1) is 33.9. The lowest BCUT2D eigenvalue weighted by atomic mass is 9.83. The van der Waals surface area contributed by atoms with E-state index in [1.165, 1.54) is 18.1 Å². The number of hydrogen-bond donors (Lipinski definition) is 5. The molecule has 0 radical (unpaired) electrons. The van der Waals surface area contributed by atoms with Gasteiger partial charge in [0.1, 0.15) is 17.8 Å². The monoisotopic (exact) mass is 603 g/mol. The van der Waals surface area contributed by atoms with Gasteiger partial charge in [-0.1, -0.05) is 37.8 Å². The van der Waals surface area contributed by atoms with Crippen LogP contribution in [0, 0.1) is 0 Å². The molecule has 0 bridgehead atoms. The number of ether oxygens (including phenoxy) is 1. The molecule has 12 nitrogen and oxygen atoms in total. The highest BCUT2D eigenvalue weighted by Crippen LogP contribution is 2.25. The van der Waals surface area contributed by atoms with E-state index in [0.29, 0.717) is 11.3 Å². The molecular formula is C31H42BN7O5. The Hall–Kier alpha value is -4.62. The van der Waals surface area contributed by atoms with Crippen LogP contribution in [0.5, 0.6) is 5.75 Å². The molecule has 2 atom stereocenters. The van der Waals surface area contributed by atoms with Gasteiger partial charge in [0.05, 0.1) is 19.0 Å². The molecule has 4 aromatic rings. The highest BCUT2D eigenvalue weighted by atomic mass is 16.5. The zero-order valence-corrected chi connectivity index (χ0v) is 25.2. The molecule has 0 saturated heterocycles. The molecule has 0 aliphatic heterocycles. The molecular weight excluding hydrogens is 561 g/mol. The predicted molar refractivity (Wildman–Crippen MR) is 172 cm³/mol. The molecule has 0 aliphatic rings. The first-order chi connectivity index (χ1) is 20.4. The summed E-state index contributed by atoms with van der Waals surface area (Å²) >= 11 is 0. The van der Waals surface area contributed by atoms with Crippen LogP contribution in [0.2, 0.25) is 6.82 Å². The van der Waals surface area contributed by atoms with Gasteiger partial charge in [0.2, 0.25) is 17.7 Å². The third kappa shape index (κ3) is 7.85. The number of amides is 3. The van der Waals surface area contributed by atoms with Crippen molar-refractivity contribution in [3.8, 4) is 5.75 Å². The zero-order chi connectivity index (χ0) is 31.3. The number of aromatic nitrogens is 3. The van der Waals surface area contributed by atoms with E-state index >= 15 is 0 Å². The maximum Gasteiger partial charge on any atom is 0.374 e. The number of anilines is 1. The second-order valence-corrected chi connectivity index (χ2v) is 11.1. The first-order valence-electron chi connectivity index (χ1n) is 13.9. The van der Waals surface area contributed by atoms with Crippen LogP contribution in [0.25, 0.3) is 10.9 Å². The van der Waals surface area contributed by atoms with Crippen molar-refractivity contribution >= 4 is 41.5 Å². The summed E-state index contributed by atoms with van der Waals surface area (Å²) in [7, 11) is 3.98. The third-order valence-electron chi connectivity index (χ3n) is 7.12. The minimum absolute atomic E-state index is 0. The molecule has 5 N–H and O–H groups in total. The average Bonchev–Trinajstić information content (AvgIpc) is 3.59. The number of nitrogens with zero attached hydrogens (tertiary/aromatic N) is 3. The number of benzene rings is 2. The van der Waals surface area contributed by atoms with Crippen LogP contribution < -0.4 is 20.6 Å². The van der Waals surface area contributed by atoms with Gasteiger partial charge in [-0.15, -0.1) is 0 Å². The van der Waals surface area contributed by atoms with Crippen LogP contribution in [0.15, 0.2) is 67.3 Å². The topological polar surface area (TPSA) is 154 Å². The fraction of sp³-hybridized carbons (Fsp3) is 0.355. The van der Waals surface area contributed by atoms with Crippen molar-refractivity contribution in [2.75, 3.05) is 26.5 Å². The summed E-state index contributed by atoms with van der Waals surface area (Å²) in [6, 6.07) is 13.1. The Morgan fingerprint density at radius 2 is 1.82 bits per heavy atom. The lowest BCUT2D eigenvalue weighted by Crippen LogP contribution is -2.60. The van der Waals surface area contributed by atoms with Gasteiger partial charge < -0.3 is 40.1 Å². The van der Waals surface area contributed by atoms with Crippen LogP contribution in [-0.2, 0) is 20.8 Å². The predicted octanol–water partition coefficient (Wildman–Crippen LogP) is 2.83. The zero-order valence-electron chi connectivity index (χ0n) is 25.2. The van der Waals surface area contributed by atoms with Crippen molar-refractivity contribution in [2.24, 2.45) is 0 Å². The van der Waals surface area contributed by atoms with Gasteiger partial charge >= 0.3 is 7.05 Å². The molecule has 0 saturated carbocycles. The summed E-state index contributed by atoms with van der Waals surface area (Å²) < 4.78 is 6.88. The van der Waals surface area contributed by atoms with E-state index in [0.717, 1.165) is 16.5 Å². The summed E-state index contributed by atoms with van der Waals surface area (Å²) in [5.74, 6) is -0.257. The van der Waals surface area contributed by atoms with Crippen molar-refractivity contribution in [1.29, 1.82) is 0 Å². The molecule has 2 aromatic heterocycles. The van der Waals surface area contributed by atoms with Crippen molar-refractivity contribution in [2.45, 2.75) is 52.1 Å². The van der Waals surface area contributed by atoms with Gasteiger partial charge in [-0.3, -0.25) is 14.4 Å². The number of hydrogen-bond acceptors (Lipinski definition) is 7. The number of carbonyl (C=O) groups excluding carboxylic acids is 3. The minimum atomic E-state index is -1.16. The summed E-state index contributed by atoms with van der Waals surface area (Å²) in [5.41, 5.74) is 1.31. The molecule has 44 heavy (non-hydrogen) atoms. The normalized spacial score (nSPS) is 12.5. The highest BCUT2D eigenvalue weighted by Gasteiger charge is 2.33. The number of imidazole rings is 1. The maximum absolute atomic E-state index is 13.7. The average molecular weight is 604 g/mol. The number of aromatic amines is 1. The Kier molecular flexibility index (Phi) is 11.0. The van der Waals surface area contributed by atoms with E-state index < -0.39 is 36.5 Å². The number of methoxy groups -OCH3 is 1. The summed E-state index contributed by atoms with van der Waals surface area (Å²) in [4.78, 5) is 49.2. The molecule has 0 fully saturated rings. The number of H-pyrrole nitrogens is 1. The van der Waals surface area contributed by atoms with Gasteiger partial charge in [-0.25, -0.2) is 4.98 Å².